The molecule has 0 spiro atoms. The maximum atomic E-state index is 5.17. The highest BCUT2D eigenvalue weighted by Gasteiger charge is 2.31. The molecule has 27 heteroatoms. The van der Waals surface area contributed by atoms with E-state index in [0.717, 1.165) is 123 Å². The number of benzene rings is 1. The number of aryl methyl sites for hydroxylation is 4. The summed E-state index contributed by atoms with van der Waals surface area (Å²) in [4.78, 5) is 20.5. The van der Waals surface area contributed by atoms with E-state index in [2.05, 4.69) is 137 Å². The molecule has 24 nitrogen and oxygen atoms in total. The van der Waals surface area contributed by atoms with Crippen molar-refractivity contribution < 1.29 is 0 Å². The van der Waals surface area contributed by atoms with Gasteiger partial charge in [-0.3, -0.25) is 18.7 Å². The summed E-state index contributed by atoms with van der Waals surface area (Å²) in [6.07, 6.45) is 60.2. The van der Waals surface area contributed by atoms with Gasteiger partial charge in [-0.25, -0.2) is 19.9 Å². The molecule has 13 aromatic rings. The maximum Gasteiger partial charge on any atom is 0.165 e. The summed E-state index contributed by atoms with van der Waals surface area (Å²) in [5.74, 6) is 6.20. The summed E-state index contributed by atoms with van der Waals surface area (Å²) in [5.41, 5.74) is 18.0. The van der Waals surface area contributed by atoms with Gasteiger partial charge in [0, 0.05) is 158 Å². The van der Waals surface area contributed by atoms with Crippen molar-refractivity contribution in [2.45, 2.75) is 235 Å². The summed E-state index contributed by atoms with van der Waals surface area (Å²) in [7, 11) is 7.75. The third-order valence-electron chi connectivity index (χ3n) is 23.7. The molecule has 111 heavy (non-hydrogen) atoms. The first kappa shape index (κ1) is 76.2. The van der Waals surface area contributed by atoms with E-state index >= 15 is 0 Å². The van der Waals surface area contributed by atoms with Gasteiger partial charge in [-0.15, -0.1) is 0 Å². The Labute approximate surface area is 675 Å². The van der Waals surface area contributed by atoms with Gasteiger partial charge in [-0.2, -0.15) is 58.9 Å². The number of fused-ring (bicyclic) bond motifs is 4. The molecule has 0 radical (unpaired) electrons. The quantitative estimate of drug-likeness (QED) is 0.0663. The van der Waals surface area contributed by atoms with Gasteiger partial charge in [-0.05, 0) is 137 Å². The van der Waals surface area contributed by atoms with Crippen molar-refractivity contribution in [3.8, 4) is 44.5 Å². The van der Waals surface area contributed by atoms with Crippen molar-refractivity contribution in [2.75, 3.05) is 27.8 Å². The largest absolute Gasteiger partial charge is 0.369 e. The van der Waals surface area contributed by atoms with Crippen molar-refractivity contribution in [2.24, 2.45) is 28.2 Å². The molecule has 6 aliphatic rings. The second-order valence-corrected chi connectivity index (χ2v) is 34.0. The zero-order chi connectivity index (χ0) is 75.9. The van der Waals surface area contributed by atoms with Crippen LogP contribution in [-0.2, 0) is 34.7 Å². The molecular weight excluding hydrogens is 1580 g/mol. The Morgan fingerprint density at radius 2 is 0.676 bits per heavy atom. The van der Waals surface area contributed by atoms with E-state index < -0.39 is 0 Å². The van der Waals surface area contributed by atoms with Crippen LogP contribution in [0, 0.1) is 0 Å². The van der Waals surface area contributed by atoms with Crippen LogP contribution in [-0.4, -0.2) is 116 Å². The lowest BCUT2D eigenvalue weighted by atomic mass is 9.86. The topological polar surface area (TPSA) is 240 Å². The predicted octanol–water partition coefficient (Wildman–Crippen LogP) is 20.1. The molecule has 6 aliphatic carbocycles. The monoisotopic (exact) mass is 1690 g/mol. The first-order chi connectivity index (χ1) is 54.4. The molecular formula is C84H105Br3N24. The zero-order valence-corrected chi connectivity index (χ0v) is 69.6. The van der Waals surface area contributed by atoms with Gasteiger partial charge < -0.3 is 21.3 Å². The van der Waals surface area contributed by atoms with Crippen LogP contribution in [0.15, 0.2) is 124 Å². The van der Waals surface area contributed by atoms with E-state index in [1.165, 1.54) is 209 Å². The van der Waals surface area contributed by atoms with Crippen molar-refractivity contribution in [3.05, 3.63) is 153 Å². The number of hydrogen-bond acceptors (Lipinski definition) is 16. The SMILES string of the molecule is CCNc1c(Br)c(C2CCCCC2)nc2c(-c3cnn(C)c3)cnn12.Cn1cc(-c2cnn3c(NC4CCCC4)c(Br)c(C4CCCCC4)nc23)cn1.Cn1cc(-c2cnn3c(NC4CCCCC4)c(Br)c(C4CCCCC4)nc23)cn1.Cn1cc(-c2cnn3c(NCc4ccccc4)cc(C4CCCCC4)nc23)cn1. The third kappa shape index (κ3) is 17.0. The first-order valence-corrected chi connectivity index (χ1v) is 43.4. The molecule has 0 saturated heterocycles. The Balaban J connectivity index is 0.000000112. The summed E-state index contributed by atoms with van der Waals surface area (Å²) >= 11 is 11.7. The van der Waals surface area contributed by atoms with E-state index in [1.54, 1.807) is 0 Å². The minimum absolute atomic E-state index is 0.510. The summed E-state index contributed by atoms with van der Waals surface area (Å²) in [6.45, 7) is 3.70. The normalized spacial score (nSPS) is 17.3. The molecule has 12 heterocycles. The van der Waals surface area contributed by atoms with Gasteiger partial charge in [0.15, 0.2) is 22.6 Å². The highest BCUT2D eigenvalue weighted by atomic mass is 79.9. The lowest BCUT2D eigenvalue weighted by Gasteiger charge is -2.27. The number of anilines is 4. The van der Waals surface area contributed by atoms with Crippen LogP contribution in [0.25, 0.3) is 67.1 Å². The van der Waals surface area contributed by atoms with Gasteiger partial charge >= 0.3 is 0 Å². The molecule has 0 aliphatic heterocycles. The average Bonchev–Trinajstić information content (AvgIpc) is 1.64. The fourth-order valence-electron chi connectivity index (χ4n) is 17.7. The number of halogens is 3. The highest BCUT2D eigenvalue weighted by molar-refractivity contribution is 9.11. The molecule has 19 rings (SSSR count). The van der Waals surface area contributed by atoms with E-state index in [4.69, 9.17) is 30.1 Å². The van der Waals surface area contributed by atoms with Gasteiger partial charge in [0.2, 0.25) is 0 Å². The predicted molar refractivity (Wildman–Crippen MR) is 451 cm³/mol. The molecule has 1 aromatic carbocycles. The number of rotatable bonds is 17. The highest BCUT2D eigenvalue weighted by Crippen LogP contribution is 2.45. The van der Waals surface area contributed by atoms with Crippen LogP contribution in [0.2, 0.25) is 0 Å². The van der Waals surface area contributed by atoms with E-state index in [9.17, 15) is 0 Å². The summed E-state index contributed by atoms with van der Waals surface area (Å²) < 4.78 is 18.4. The molecule has 0 bridgehead atoms. The molecule has 0 amide bonds. The number of hydrogen-bond donors (Lipinski definition) is 4. The number of nitrogens with zero attached hydrogens (tertiary/aromatic N) is 20. The zero-order valence-electron chi connectivity index (χ0n) is 64.9. The first-order valence-electron chi connectivity index (χ1n) is 41.0. The van der Waals surface area contributed by atoms with Crippen molar-refractivity contribution in [1.29, 1.82) is 0 Å². The average molecular weight is 1690 g/mol. The second kappa shape index (κ2) is 35.1. The second-order valence-electron chi connectivity index (χ2n) is 31.6. The molecule has 4 N–H and O–H groups in total. The van der Waals surface area contributed by atoms with Crippen LogP contribution in [0.5, 0.6) is 0 Å². The van der Waals surface area contributed by atoms with Gasteiger partial charge in [0.1, 0.15) is 23.3 Å². The minimum atomic E-state index is 0.510. The third-order valence-corrected chi connectivity index (χ3v) is 26.0. The molecule has 0 atom stereocenters. The summed E-state index contributed by atoms with van der Waals surface area (Å²) in [6, 6.07) is 13.7. The van der Waals surface area contributed by atoms with E-state index in [-0.39, 0.29) is 0 Å². The molecule has 582 valence electrons. The van der Waals surface area contributed by atoms with Gasteiger partial charge in [0.25, 0.3) is 0 Å². The molecule has 0 unspecified atom stereocenters. The maximum absolute atomic E-state index is 5.17. The van der Waals surface area contributed by atoms with Crippen LogP contribution in [0.4, 0.5) is 23.3 Å². The minimum Gasteiger partial charge on any atom is -0.369 e. The molecule has 6 fully saturated rings. The smallest absolute Gasteiger partial charge is 0.165 e. The van der Waals surface area contributed by atoms with E-state index in [1.807, 2.05) is 145 Å². The lowest BCUT2D eigenvalue weighted by Crippen LogP contribution is -2.25. The van der Waals surface area contributed by atoms with Crippen LogP contribution in [0.1, 0.15) is 245 Å². The van der Waals surface area contributed by atoms with Crippen LogP contribution < -0.4 is 21.3 Å². The van der Waals surface area contributed by atoms with Crippen molar-refractivity contribution in [3.63, 3.8) is 0 Å². The lowest BCUT2D eigenvalue weighted by molar-refractivity contribution is 0.435. The van der Waals surface area contributed by atoms with Crippen LogP contribution >= 0.6 is 47.8 Å². The standard InChI is InChI=1S/C23H26N6.C22H29BrN6.C21H27BrN6.C18H23BrN6/c1-28-16-19(14-25-28)20-15-26-29-22(24-13-17-8-4-2-5-9-17)12-21(27-23(20)29)18-10-6-3-7-11-18;1-28-14-16(12-24-28)18-13-25-29-21(18)27-20(15-8-4-2-5-9-15)19(23)22(29)26-17-10-6-3-7-11-17;1-27-13-15(11-23-27)17-12-24-28-20(17)26-19(14-7-3-2-4-8-14)18(22)21(28)25-16-9-5-6-10-16;1-3-20-18-15(19)16(12-7-5-4-6-8-12)23-17-14(10-22-25(17)18)13-9-21-24(2)11-13/h2,4-5,8-9,12,14-16,18,24H,3,6-7,10-11,13H2,1H3;12-15,17,26H,2-11H2,1H3;11-14,16,25H,2-10H2,1H3;9-12,20H,3-8H2,1-2H3. The fraction of sp³-hybridized carbons (Fsp3) is 0.500. The Kier molecular flexibility index (Phi) is 24.1. The van der Waals surface area contributed by atoms with E-state index in [0.29, 0.717) is 35.8 Å². The van der Waals surface area contributed by atoms with Gasteiger partial charge in [0.05, 0.1) is 80.1 Å². The Bertz CT molecular complexity index is 5270. The van der Waals surface area contributed by atoms with Gasteiger partial charge in [-0.1, -0.05) is 139 Å². The van der Waals surface area contributed by atoms with Crippen LogP contribution in [0.3, 0.4) is 0 Å². The molecule has 12 aromatic heterocycles. The fourth-order valence-corrected chi connectivity index (χ4v) is 19.9. The molecule has 6 saturated carbocycles. The Morgan fingerprint density at radius 3 is 1.04 bits per heavy atom. The number of aromatic nitrogens is 20. The van der Waals surface area contributed by atoms with Crippen molar-refractivity contribution >= 4 is 93.6 Å². The Hall–Kier alpha value is -8.82. The number of nitrogens with one attached hydrogen (secondary N) is 4. The Morgan fingerprint density at radius 1 is 0.351 bits per heavy atom. The van der Waals surface area contributed by atoms with Crippen molar-refractivity contribution in [1.82, 2.24) is 97.5 Å². The summed E-state index contributed by atoms with van der Waals surface area (Å²) in [5, 5.41) is 50.7.